The summed E-state index contributed by atoms with van der Waals surface area (Å²) in [4.78, 5) is 16.6. The van der Waals surface area contributed by atoms with E-state index < -0.39 is 0 Å². The predicted octanol–water partition coefficient (Wildman–Crippen LogP) is 5.81. The first kappa shape index (κ1) is 17.2. The summed E-state index contributed by atoms with van der Waals surface area (Å²) >= 11 is 12.0. The number of pyridine rings is 1. The van der Waals surface area contributed by atoms with E-state index in [1.807, 2.05) is 54.6 Å². The smallest absolute Gasteiger partial charge is 0.257 e. The van der Waals surface area contributed by atoms with Crippen LogP contribution in [0, 0.1) is 0 Å². The number of carbonyl (C=O) groups excluding carboxylic acids is 1. The number of rotatable bonds is 4. The van der Waals surface area contributed by atoms with E-state index in [0.717, 1.165) is 11.3 Å². The van der Waals surface area contributed by atoms with Gasteiger partial charge in [0, 0.05) is 16.9 Å². The summed E-state index contributed by atoms with van der Waals surface area (Å²) in [6.45, 7) is 0. The van der Waals surface area contributed by atoms with Crippen LogP contribution in [0.1, 0.15) is 21.6 Å². The van der Waals surface area contributed by atoms with Crippen molar-refractivity contribution in [2.45, 2.75) is 0 Å². The van der Waals surface area contributed by atoms with E-state index in [0.29, 0.717) is 21.3 Å². The van der Waals surface area contributed by atoms with Crippen molar-refractivity contribution in [3.8, 4) is 0 Å². The fourth-order valence-corrected chi connectivity index (χ4v) is 2.62. The Bertz CT molecular complexity index is 924. The van der Waals surface area contributed by atoms with Gasteiger partial charge in [0.1, 0.15) is 0 Å². The summed E-state index contributed by atoms with van der Waals surface area (Å²) in [6, 6.07) is 18.0. The Labute approximate surface area is 155 Å². The molecule has 0 saturated carbocycles. The highest BCUT2D eigenvalue weighted by Crippen LogP contribution is 2.22. The summed E-state index contributed by atoms with van der Waals surface area (Å²) in [7, 11) is 0. The molecule has 3 aromatic rings. The van der Waals surface area contributed by atoms with Gasteiger partial charge in [-0.25, -0.2) is 0 Å². The standard InChI is InChI=1S/C20H14Cl2N2O/c21-15-8-10-19(22)18(13-15)20(25)24-17-6-3-4-14(12-17)7-9-16-5-1-2-11-23-16/h1-13H,(H,24,25)/b9-7+. The number of nitrogens with zero attached hydrogens (tertiary/aromatic N) is 1. The van der Waals surface area contributed by atoms with Crippen LogP contribution in [0.25, 0.3) is 12.2 Å². The lowest BCUT2D eigenvalue weighted by Gasteiger charge is -2.08. The number of halogens is 2. The monoisotopic (exact) mass is 368 g/mol. The Morgan fingerprint density at radius 1 is 0.960 bits per heavy atom. The molecule has 1 amide bonds. The lowest BCUT2D eigenvalue weighted by atomic mass is 10.1. The number of anilines is 1. The van der Waals surface area contributed by atoms with Gasteiger partial charge in [0.25, 0.3) is 5.91 Å². The van der Waals surface area contributed by atoms with Crippen LogP contribution < -0.4 is 5.32 Å². The molecule has 0 unspecified atom stereocenters. The van der Waals surface area contributed by atoms with Crippen molar-refractivity contribution in [2.75, 3.05) is 5.32 Å². The lowest BCUT2D eigenvalue weighted by Crippen LogP contribution is -2.12. The zero-order valence-electron chi connectivity index (χ0n) is 13.1. The first-order chi connectivity index (χ1) is 12.1. The SMILES string of the molecule is O=C(Nc1cccc(/C=C/c2ccccn2)c1)c1cc(Cl)ccc1Cl. The van der Waals surface area contributed by atoms with Crippen LogP contribution >= 0.6 is 23.2 Å². The number of hydrogen-bond acceptors (Lipinski definition) is 2. The molecule has 1 aromatic heterocycles. The third kappa shape index (κ3) is 4.69. The van der Waals surface area contributed by atoms with Crippen molar-refractivity contribution in [3.05, 3.63) is 93.7 Å². The second kappa shape index (κ2) is 7.97. The van der Waals surface area contributed by atoms with Crippen LogP contribution in [0.3, 0.4) is 0 Å². The van der Waals surface area contributed by atoms with Crippen molar-refractivity contribution in [1.29, 1.82) is 0 Å². The predicted molar refractivity (Wildman–Crippen MR) is 104 cm³/mol. The zero-order valence-corrected chi connectivity index (χ0v) is 14.6. The Morgan fingerprint density at radius 2 is 1.84 bits per heavy atom. The van der Waals surface area contributed by atoms with Crippen LogP contribution in [0.2, 0.25) is 10.0 Å². The number of amides is 1. The maximum atomic E-state index is 12.4. The van der Waals surface area contributed by atoms with E-state index in [9.17, 15) is 4.79 Å². The van der Waals surface area contributed by atoms with Gasteiger partial charge >= 0.3 is 0 Å². The summed E-state index contributed by atoms with van der Waals surface area (Å²) in [5.41, 5.74) is 2.82. The van der Waals surface area contributed by atoms with Crippen molar-refractivity contribution >= 4 is 46.9 Å². The minimum absolute atomic E-state index is 0.307. The second-order valence-electron chi connectivity index (χ2n) is 5.29. The molecule has 2 aromatic carbocycles. The second-order valence-corrected chi connectivity index (χ2v) is 6.14. The van der Waals surface area contributed by atoms with Crippen molar-refractivity contribution in [2.24, 2.45) is 0 Å². The lowest BCUT2D eigenvalue weighted by molar-refractivity contribution is 0.102. The summed E-state index contributed by atoms with van der Waals surface area (Å²) in [6.07, 6.45) is 5.59. The number of carbonyl (C=O) groups is 1. The van der Waals surface area contributed by atoms with Gasteiger partial charge in [-0.05, 0) is 54.1 Å². The molecule has 3 rings (SSSR count). The molecule has 0 aliphatic carbocycles. The van der Waals surface area contributed by atoms with Gasteiger partial charge in [0.15, 0.2) is 0 Å². The van der Waals surface area contributed by atoms with Crippen LogP contribution in [-0.2, 0) is 0 Å². The first-order valence-corrected chi connectivity index (χ1v) is 8.33. The van der Waals surface area contributed by atoms with Gasteiger partial charge in [0.05, 0.1) is 16.3 Å². The molecule has 0 spiro atoms. The quantitative estimate of drug-likeness (QED) is 0.630. The largest absolute Gasteiger partial charge is 0.322 e. The minimum Gasteiger partial charge on any atom is -0.322 e. The van der Waals surface area contributed by atoms with Crippen molar-refractivity contribution in [3.63, 3.8) is 0 Å². The van der Waals surface area contributed by atoms with Crippen LogP contribution in [0.5, 0.6) is 0 Å². The normalized spacial score (nSPS) is 10.8. The summed E-state index contributed by atoms with van der Waals surface area (Å²) in [5.74, 6) is -0.307. The molecule has 0 atom stereocenters. The Kier molecular flexibility index (Phi) is 5.49. The molecule has 0 bridgehead atoms. The molecule has 0 aliphatic rings. The van der Waals surface area contributed by atoms with E-state index in [-0.39, 0.29) is 5.91 Å². The average molecular weight is 369 g/mol. The Hall–Kier alpha value is -2.62. The highest BCUT2D eigenvalue weighted by molar-refractivity contribution is 6.36. The molecular weight excluding hydrogens is 355 g/mol. The number of nitrogens with one attached hydrogen (secondary N) is 1. The molecule has 5 heteroatoms. The van der Waals surface area contributed by atoms with Crippen molar-refractivity contribution in [1.82, 2.24) is 4.98 Å². The van der Waals surface area contributed by atoms with Gasteiger partial charge in [0.2, 0.25) is 0 Å². The molecule has 0 radical (unpaired) electrons. The highest BCUT2D eigenvalue weighted by Gasteiger charge is 2.11. The Morgan fingerprint density at radius 3 is 2.64 bits per heavy atom. The molecule has 0 saturated heterocycles. The van der Waals surface area contributed by atoms with Crippen LogP contribution in [0.4, 0.5) is 5.69 Å². The molecule has 124 valence electrons. The van der Waals surface area contributed by atoms with E-state index in [1.54, 1.807) is 24.4 Å². The third-order valence-electron chi connectivity index (χ3n) is 3.45. The maximum absolute atomic E-state index is 12.4. The van der Waals surface area contributed by atoms with Crippen LogP contribution in [0.15, 0.2) is 66.9 Å². The van der Waals surface area contributed by atoms with E-state index in [1.165, 1.54) is 0 Å². The fourth-order valence-electron chi connectivity index (χ4n) is 2.25. The maximum Gasteiger partial charge on any atom is 0.257 e. The topological polar surface area (TPSA) is 42.0 Å². The van der Waals surface area contributed by atoms with Gasteiger partial charge in [-0.15, -0.1) is 0 Å². The highest BCUT2D eigenvalue weighted by atomic mass is 35.5. The molecule has 3 nitrogen and oxygen atoms in total. The van der Waals surface area contributed by atoms with Gasteiger partial charge in [-0.2, -0.15) is 0 Å². The summed E-state index contributed by atoms with van der Waals surface area (Å²) < 4.78 is 0. The fraction of sp³-hybridized carbons (Fsp3) is 0. The van der Waals surface area contributed by atoms with E-state index in [2.05, 4.69) is 10.3 Å². The zero-order chi connectivity index (χ0) is 17.6. The van der Waals surface area contributed by atoms with Crippen molar-refractivity contribution < 1.29 is 4.79 Å². The van der Waals surface area contributed by atoms with Gasteiger partial charge in [-0.1, -0.05) is 47.5 Å². The minimum atomic E-state index is -0.307. The van der Waals surface area contributed by atoms with Gasteiger partial charge in [-0.3, -0.25) is 9.78 Å². The molecule has 1 heterocycles. The number of hydrogen-bond donors (Lipinski definition) is 1. The van der Waals surface area contributed by atoms with Gasteiger partial charge < -0.3 is 5.32 Å². The molecular formula is C20H14Cl2N2O. The first-order valence-electron chi connectivity index (χ1n) is 7.57. The average Bonchev–Trinajstić information content (AvgIpc) is 2.63. The number of aromatic nitrogens is 1. The van der Waals surface area contributed by atoms with Crippen LogP contribution in [-0.4, -0.2) is 10.9 Å². The Balaban J connectivity index is 1.76. The molecule has 0 aliphatic heterocycles. The number of benzene rings is 2. The third-order valence-corrected chi connectivity index (χ3v) is 4.02. The van der Waals surface area contributed by atoms with E-state index >= 15 is 0 Å². The molecule has 0 fully saturated rings. The molecule has 1 N–H and O–H groups in total. The van der Waals surface area contributed by atoms with E-state index in [4.69, 9.17) is 23.2 Å². The molecule has 25 heavy (non-hydrogen) atoms. The summed E-state index contributed by atoms with van der Waals surface area (Å²) in [5, 5.41) is 3.65.